The predicted octanol–water partition coefficient (Wildman–Crippen LogP) is 2.56. The Balaban J connectivity index is 2.24. The summed E-state index contributed by atoms with van der Waals surface area (Å²) in [4.78, 5) is 14.1. The van der Waals surface area contributed by atoms with Crippen molar-refractivity contribution in [2.75, 3.05) is 13.1 Å². The van der Waals surface area contributed by atoms with E-state index in [1.165, 1.54) is 0 Å². The second-order valence-corrected chi connectivity index (χ2v) is 5.00. The second kappa shape index (κ2) is 5.25. The van der Waals surface area contributed by atoms with Gasteiger partial charge in [0.15, 0.2) is 0 Å². The summed E-state index contributed by atoms with van der Waals surface area (Å²) in [6, 6.07) is 5.06. The lowest BCUT2D eigenvalue weighted by atomic mass is 10.1. The maximum atomic E-state index is 12.3. The molecule has 0 saturated carbocycles. The fourth-order valence-corrected chi connectivity index (χ4v) is 2.66. The van der Waals surface area contributed by atoms with Crippen LogP contribution >= 0.6 is 23.2 Å². The van der Waals surface area contributed by atoms with E-state index in [-0.39, 0.29) is 11.9 Å². The third-order valence-corrected chi connectivity index (χ3v) is 3.62. The summed E-state index contributed by atoms with van der Waals surface area (Å²) in [5.74, 6) is -0.0559. The average molecular weight is 273 g/mol. The Kier molecular flexibility index (Phi) is 3.92. The molecule has 1 fully saturated rings. The minimum Gasteiger partial charge on any atom is -0.334 e. The Hall–Kier alpha value is -0.770. The lowest BCUT2D eigenvalue weighted by Crippen LogP contribution is -2.40. The molecule has 5 heteroatoms. The van der Waals surface area contributed by atoms with E-state index in [2.05, 4.69) is 0 Å². The van der Waals surface area contributed by atoms with E-state index in [9.17, 15) is 4.79 Å². The van der Waals surface area contributed by atoms with Gasteiger partial charge in [-0.05, 0) is 31.0 Å². The van der Waals surface area contributed by atoms with Gasteiger partial charge in [0, 0.05) is 24.2 Å². The van der Waals surface area contributed by atoms with E-state index >= 15 is 0 Å². The number of carbonyl (C=O) groups excluding carboxylic acids is 1. The van der Waals surface area contributed by atoms with E-state index in [4.69, 9.17) is 28.9 Å². The number of amides is 1. The van der Waals surface area contributed by atoms with Gasteiger partial charge in [0.25, 0.3) is 5.91 Å². The molecule has 0 aliphatic carbocycles. The molecule has 0 bridgehead atoms. The Morgan fingerprint density at radius 2 is 2.24 bits per heavy atom. The largest absolute Gasteiger partial charge is 0.334 e. The number of likely N-dealkylation sites (tertiary alicyclic amines) is 1. The lowest BCUT2D eigenvalue weighted by molar-refractivity contribution is 0.0741. The Morgan fingerprint density at radius 3 is 2.88 bits per heavy atom. The Labute approximate surface area is 110 Å². The molecule has 1 heterocycles. The van der Waals surface area contributed by atoms with Crippen molar-refractivity contribution < 1.29 is 4.79 Å². The third-order valence-electron chi connectivity index (χ3n) is 3.07. The molecule has 2 N–H and O–H groups in total. The maximum absolute atomic E-state index is 12.3. The summed E-state index contributed by atoms with van der Waals surface area (Å²) in [5, 5.41) is 0.925. The van der Waals surface area contributed by atoms with Crippen LogP contribution < -0.4 is 5.73 Å². The predicted molar refractivity (Wildman–Crippen MR) is 69.6 cm³/mol. The zero-order valence-corrected chi connectivity index (χ0v) is 10.8. The van der Waals surface area contributed by atoms with Crippen LogP contribution in [0, 0.1) is 0 Å². The molecule has 1 aromatic carbocycles. The molecule has 1 aliphatic heterocycles. The number of benzene rings is 1. The minimum atomic E-state index is -0.0559. The van der Waals surface area contributed by atoms with Crippen LogP contribution in [-0.2, 0) is 0 Å². The maximum Gasteiger partial charge on any atom is 0.255 e. The molecule has 0 aromatic heterocycles. The molecule has 1 amide bonds. The normalized spacial score (nSPS) is 19.7. The van der Waals surface area contributed by atoms with Crippen molar-refractivity contribution >= 4 is 29.1 Å². The van der Waals surface area contributed by atoms with Crippen LogP contribution in [0.2, 0.25) is 10.0 Å². The van der Waals surface area contributed by atoms with Gasteiger partial charge in [0.2, 0.25) is 0 Å². The van der Waals surface area contributed by atoms with Crippen molar-refractivity contribution in [3.8, 4) is 0 Å². The summed E-state index contributed by atoms with van der Waals surface area (Å²) in [6.07, 6.45) is 1.96. The van der Waals surface area contributed by atoms with Gasteiger partial charge in [0.05, 0.1) is 10.6 Å². The van der Waals surface area contributed by atoms with Crippen LogP contribution in [-0.4, -0.2) is 29.9 Å². The van der Waals surface area contributed by atoms with Crippen molar-refractivity contribution in [1.82, 2.24) is 4.90 Å². The van der Waals surface area contributed by atoms with Gasteiger partial charge in [-0.3, -0.25) is 4.79 Å². The summed E-state index contributed by atoms with van der Waals surface area (Å²) in [7, 11) is 0. The first-order valence-corrected chi connectivity index (χ1v) is 6.35. The van der Waals surface area contributed by atoms with E-state index in [0.29, 0.717) is 22.2 Å². The van der Waals surface area contributed by atoms with Gasteiger partial charge in [-0.1, -0.05) is 23.2 Å². The highest BCUT2D eigenvalue weighted by Crippen LogP contribution is 2.25. The van der Waals surface area contributed by atoms with Crippen molar-refractivity contribution in [3.63, 3.8) is 0 Å². The molecule has 0 radical (unpaired) electrons. The van der Waals surface area contributed by atoms with Gasteiger partial charge < -0.3 is 10.6 Å². The molecule has 1 aromatic rings. The number of nitrogens with two attached hydrogens (primary N) is 1. The van der Waals surface area contributed by atoms with Crippen molar-refractivity contribution in [2.45, 2.75) is 18.9 Å². The van der Waals surface area contributed by atoms with Gasteiger partial charge >= 0.3 is 0 Å². The molecule has 1 atom stereocenters. The topological polar surface area (TPSA) is 46.3 Å². The molecule has 1 unspecified atom stereocenters. The second-order valence-electron chi connectivity index (χ2n) is 4.15. The van der Waals surface area contributed by atoms with Gasteiger partial charge in [0.1, 0.15) is 0 Å². The number of nitrogens with zero attached hydrogens (tertiary/aromatic N) is 1. The van der Waals surface area contributed by atoms with Crippen LogP contribution in [0.3, 0.4) is 0 Å². The van der Waals surface area contributed by atoms with Crippen LogP contribution in [0.5, 0.6) is 0 Å². The number of halogens is 2. The van der Waals surface area contributed by atoms with E-state index in [1.54, 1.807) is 23.1 Å². The SMILES string of the molecule is NCC1CCCN1C(=O)c1ccc(Cl)cc1Cl. The molecule has 17 heavy (non-hydrogen) atoms. The van der Waals surface area contributed by atoms with Crippen LogP contribution in [0.1, 0.15) is 23.2 Å². The van der Waals surface area contributed by atoms with Gasteiger partial charge in [-0.25, -0.2) is 0 Å². The molecule has 1 saturated heterocycles. The Morgan fingerprint density at radius 1 is 1.47 bits per heavy atom. The molecular formula is C12H14Cl2N2O. The number of hydrogen-bond acceptors (Lipinski definition) is 2. The zero-order valence-electron chi connectivity index (χ0n) is 9.33. The molecule has 92 valence electrons. The molecule has 1 aliphatic rings. The molecule has 0 spiro atoms. The molecular weight excluding hydrogens is 259 g/mol. The standard InChI is InChI=1S/C12H14Cl2N2O/c13-8-3-4-10(11(14)6-8)12(17)16-5-1-2-9(16)7-15/h3-4,6,9H,1-2,5,7,15H2. The number of carbonyl (C=O) groups is 1. The first-order valence-electron chi connectivity index (χ1n) is 5.59. The number of rotatable bonds is 2. The smallest absolute Gasteiger partial charge is 0.255 e. The van der Waals surface area contributed by atoms with Crippen LogP contribution in [0.25, 0.3) is 0 Å². The first kappa shape index (κ1) is 12.7. The van der Waals surface area contributed by atoms with E-state index in [0.717, 1.165) is 19.4 Å². The summed E-state index contributed by atoms with van der Waals surface area (Å²) in [6.45, 7) is 1.25. The van der Waals surface area contributed by atoms with E-state index in [1.807, 2.05) is 0 Å². The van der Waals surface area contributed by atoms with Crippen molar-refractivity contribution in [3.05, 3.63) is 33.8 Å². The third kappa shape index (κ3) is 2.57. The number of hydrogen-bond donors (Lipinski definition) is 1. The highest BCUT2D eigenvalue weighted by Gasteiger charge is 2.29. The summed E-state index contributed by atoms with van der Waals surface area (Å²) >= 11 is 11.8. The highest BCUT2D eigenvalue weighted by molar-refractivity contribution is 6.36. The average Bonchev–Trinajstić information content (AvgIpc) is 2.76. The minimum absolute atomic E-state index is 0.0559. The van der Waals surface area contributed by atoms with Crippen LogP contribution in [0.4, 0.5) is 0 Å². The van der Waals surface area contributed by atoms with Gasteiger partial charge in [-0.15, -0.1) is 0 Å². The van der Waals surface area contributed by atoms with Crippen molar-refractivity contribution in [2.24, 2.45) is 5.73 Å². The molecule has 2 rings (SSSR count). The fourth-order valence-electron chi connectivity index (χ4n) is 2.17. The summed E-state index contributed by atoms with van der Waals surface area (Å²) in [5.41, 5.74) is 6.15. The monoisotopic (exact) mass is 272 g/mol. The molecule has 3 nitrogen and oxygen atoms in total. The lowest BCUT2D eigenvalue weighted by Gasteiger charge is -2.23. The van der Waals surface area contributed by atoms with Gasteiger partial charge in [-0.2, -0.15) is 0 Å². The van der Waals surface area contributed by atoms with E-state index < -0.39 is 0 Å². The Bertz CT molecular complexity index is 437. The van der Waals surface area contributed by atoms with Crippen molar-refractivity contribution in [1.29, 1.82) is 0 Å². The van der Waals surface area contributed by atoms with Crippen LogP contribution in [0.15, 0.2) is 18.2 Å². The quantitative estimate of drug-likeness (QED) is 0.900. The highest BCUT2D eigenvalue weighted by atomic mass is 35.5. The fraction of sp³-hybridized carbons (Fsp3) is 0.417. The summed E-state index contributed by atoms with van der Waals surface area (Å²) < 4.78 is 0. The zero-order chi connectivity index (χ0) is 12.4. The first-order chi connectivity index (χ1) is 8.13.